The third-order valence-corrected chi connectivity index (χ3v) is 15.8. The number of aromatic hydroxyl groups is 1. The molecule has 2 heterocycles. The van der Waals surface area contributed by atoms with E-state index >= 15 is 0 Å². The first-order chi connectivity index (χ1) is 26.3. The van der Waals surface area contributed by atoms with Crippen LogP contribution in [0.3, 0.4) is 0 Å². The van der Waals surface area contributed by atoms with Crippen molar-refractivity contribution in [2.75, 3.05) is 4.90 Å². The average Bonchev–Trinajstić information content (AvgIpc) is 3.63. The largest absolute Gasteiger partial charge is 0.507 e. The van der Waals surface area contributed by atoms with Gasteiger partial charge in [0.25, 0.3) is 0 Å². The minimum absolute atomic E-state index is 0. The number of aryl methyl sites for hydroxylation is 2. The van der Waals surface area contributed by atoms with Crippen LogP contribution in [0.2, 0.25) is 39.3 Å². The van der Waals surface area contributed by atoms with E-state index in [-0.39, 0.29) is 26.8 Å². The summed E-state index contributed by atoms with van der Waals surface area (Å²) in [6.45, 7) is 18.8. The molecule has 0 aliphatic heterocycles. The summed E-state index contributed by atoms with van der Waals surface area (Å²) < 4.78 is 0. The molecule has 4 nitrogen and oxygen atoms in total. The Labute approximate surface area is 347 Å². The SMILES string of the molecule is Cc1cccc(C)c1N(c1[c-]c(-c2ccccn2)ccc1)c1ccc2c(n1)-c1c(O)cccc1C21c2cc([Si](C)(C)C)ccc2-c2ccc([Si](C)(C)C)cc21.[Pt]. The Morgan fingerprint density at radius 2 is 1.25 bits per heavy atom. The van der Waals surface area contributed by atoms with Gasteiger partial charge in [-0.05, 0) is 87.9 Å². The number of aromatic nitrogens is 2. The summed E-state index contributed by atoms with van der Waals surface area (Å²) in [7, 11) is -3.39. The van der Waals surface area contributed by atoms with Crippen LogP contribution in [-0.2, 0) is 26.5 Å². The Bertz CT molecular complexity index is 2600. The topological polar surface area (TPSA) is 49.2 Å². The van der Waals surface area contributed by atoms with E-state index < -0.39 is 21.6 Å². The molecule has 1 N–H and O–H groups in total. The first-order valence-electron chi connectivity index (χ1n) is 19.2. The molecule has 0 saturated heterocycles. The number of anilines is 3. The average molecular weight is 944 g/mol. The molecule has 9 rings (SSSR count). The molecule has 1 spiro atoms. The second kappa shape index (κ2) is 13.7. The van der Waals surface area contributed by atoms with Crippen molar-refractivity contribution in [3.05, 3.63) is 167 Å². The number of nitrogens with zero attached hydrogens (tertiary/aromatic N) is 3. The van der Waals surface area contributed by atoms with Crippen LogP contribution >= 0.6 is 0 Å². The Morgan fingerprint density at radius 1 is 0.625 bits per heavy atom. The van der Waals surface area contributed by atoms with Crippen molar-refractivity contribution in [3.63, 3.8) is 0 Å². The molecule has 0 saturated carbocycles. The fourth-order valence-corrected chi connectivity index (χ4v) is 11.2. The molecule has 0 bridgehead atoms. The standard InChI is InChI=1S/C49H46N3OSi2.Pt/c1-31-14-11-15-32(2)48(31)52(34-17-12-16-33(28-34)43-19-9-10-27-50-43)45-26-25-40-47(51-45)46-39(18-13-20-44(46)53)49(40)41-29-35(54(3,4)5)21-23-37(41)38-24-22-36(30-42(38)49)55(6,7)8;/h9-27,29-30,53H,1-8H3;/q-1;. The molecule has 7 aromatic rings. The van der Waals surface area contributed by atoms with Crippen LogP contribution in [0, 0.1) is 19.9 Å². The quantitative estimate of drug-likeness (QED) is 0.133. The van der Waals surface area contributed by atoms with Crippen LogP contribution in [0.5, 0.6) is 5.75 Å². The molecule has 0 unspecified atom stereocenters. The van der Waals surface area contributed by atoms with Crippen molar-refractivity contribution in [1.29, 1.82) is 0 Å². The van der Waals surface area contributed by atoms with Gasteiger partial charge in [-0.25, -0.2) is 4.98 Å². The number of pyridine rings is 2. The minimum atomic E-state index is -1.69. The molecule has 7 heteroatoms. The predicted molar refractivity (Wildman–Crippen MR) is 234 cm³/mol. The summed E-state index contributed by atoms with van der Waals surface area (Å²) in [6, 6.07) is 47.2. The number of phenols is 1. The summed E-state index contributed by atoms with van der Waals surface area (Å²) in [4.78, 5) is 12.5. The first-order valence-corrected chi connectivity index (χ1v) is 26.2. The third-order valence-electron chi connectivity index (χ3n) is 11.7. The van der Waals surface area contributed by atoms with Crippen LogP contribution in [-0.4, -0.2) is 31.2 Å². The van der Waals surface area contributed by atoms with Gasteiger partial charge in [-0.2, -0.15) is 0 Å². The molecule has 0 fully saturated rings. The van der Waals surface area contributed by atoms with E-state index in [1.807, 2.05) is 36.5 Å². The van der Waals surface area contributed by atoms with Gasteiger partial charge in [-0.15, -0.1) is 29.8 Å². The van der Waals surface area contributed by atoms with Crippen LogP contribution in [0.15, 0.2) is 128 Å². The van der Waals surface area contributed by atoms with Crippen LogP contribution in [0.25, 0.3) is 33.6 Å². The van der Waals surface area contributed by atoms with E-state index in [1.165, 1.54) is 32.6 Å². The molecule has 56 heavy (non-hydrogen) atoms. The molecule has 5 aromatic carbocycles. The van der Waals surface area contributed by atoms with Crippen molar-refractivity contribution in [2.45, 2.75) is 58.5 Å². The van der Waals surface area contributed by atoms with Gasteiger partial charge < -0.3 is 15.0 Å². The van der Waals surface area contributed by atoms with Crippen molar-refractivity contribution in [1.82, 2.24) is 9.97 Å². The summed E-state index contributed by atoms with van der Waals surface area (Å²) in [5.74, 6) is 1.02. The van der Waals surface area contributed by atoms with E-state index in [9.17, 15) is 5.11 Å². The van der Waals surface area contributed by atoms with Gasteiger partial charge in [-0.3, -0.25) is 0 Å². The third kappa shape index (κ3) is 5.79. The number of benzene rings is 5. The molecular weight excluding hydrogens is 898 g/mol. The zero-order chi connectivity index (χ0) is 38.4. The van der Waals surface area contributed by atoms with Gasteiger partial charge in [0.15, 0.2) is 0 Å². The molecule has 282 valence electrons. The van der Waals surface area contributed by atoms with Crippen LogP contribution in [0.4, 0.5) is 17.2 Å². The fraction of sp³-hybridized carbons (Fsp3) is 0.184. The molecule has 2 aliphatic rings. The number of rotatable bonds is 6. The zero-order valence-corrected chi connectivity index (χ0v) is 37.5. The van der Waals surface area contributed by atoms with Gasteiger partial charge in [0, 0.05) is 32.8 Å². The predicted octanol–water partition coefficient (Wildman–Crippen LogP) is 11.2. The number of hydrogen-bond donors (Lipinski definition) is 1. The van der Waals surface area contributed by atoms with E-state index in [0.717, 1.165) is 62.0 Å². The molecule has 2 aromatic heterocycles. The van der Waals surface area contributed by atoms with Crippen molar-refractivity contribution in [3.8, 4) is 39.4 Å². The Morgan fingerprint density at radius 3 is 1.86 bits per heavy atom. The van der Waals surface area contributed by atoms with Gasteiger partial charge in [0.05, 0.1) is 32.9 Å². The van der Waals surface area contributed by atoms with Crippen LogP contribution < -0.4 is 15.3 Å². The second-order valence-corrected chi connectivity index (χ2v) is 27.4. The minimum Gasteiger partial charge on any atom is -0.507 e. The zero-order valence-electron chi connectivity index (χ0n) is 33.2. The Balaban J connectivity index is 0.00000441. The summed E-state index contributed by atoms with van der Waals surface area (Å²) in [5.41, 5.74) is 14.3. The van der Waals surface area contributed by atoms with Crippen LogP contribution in [0.1, 0.15) is 33.4 Å². The maximum absolute atomic E-state index is 11.9. The van der Waals surface area contributed by atoms with Gasteiger partial charge in [-0.1, -0.05) is 135 Å². The number of para-hydroxylation sites is 1. The summed E-state index contributed by atoms with van der Waals surface area (Å²) >= 11 is 0. The molecule has 0 amide bonds. The Hall–Kier alpha value is -4.88. The molecule has 0 atom stereocenters. The molecule has 0 radical (unpaired) electrons. The van der Waals surface area contributed by atoms with Crippen molar-refractivity contribution in [2.24, 2.45) is 0 Å². The summed E-state index contributed by atoms with van der Waals surface area (Å²) in [5, 5.41) is 14.8. The molecule has 2 aliphatic carbocycles. The monoisotopic (exact) mass is 943 g/mol. The normalized spacial score (nSPS) is 13.4. The van der Waals surface area contributed by atoms with E-state index in [4.69, 9.17) is 4.98 Å². The maximum Gasteiger partial charge on any atom is 0.136 e. The van der Waals surface area contributed by atoms with E-state index in [0.29, 0.717) is 0 Å². The number of phenolic OH excluding ortho intramolecular Hbond substituents is 1. The second-order valence-electron chi connectivity index (χ2n) is 17.3. The first kappa shape index (κ1) is 38.0. The summed E-state index contributed by atoms with van der Waals surface area (Å²) in [6.07, 6.45) is 1.82. The van der Waals surface area contributed by atoms with Crippen molar-refractivity contribution >= 4 is 43.7 Å². The van der Waals surface area contributed by atoms with Crippen molar-refractivity contribution < 1.29 is 26.2 Å². The molecular formula is C49H46N3OPtSi2-. The van der Waals surface area contributed by atoms with E-state index in [2.05, 4.69) is 160 Å². The Kier molecular flexibility index (Phi) is 9.27. The fourth-order valence-electron chi connectivity index (χ4n) is 8.93. The smallest absolute Gasteiger partial charge is 0.136 e. The number of fused-ring (bicyclic) bond motifs is 10. The van der Waals surface area contributed by atoms with Gasteiger partial charge >= 0.3 is 0 Å². The van der Waals surface area contributed by atoms with E-state index in [1.54, 1.807) is 0 Å². The maximum atomic E-state index is 11.9. The van der Waals surface area contributed by atoms with Gasteiger partial charge in [0.1, 0.15) is 11.6 Å². The van der Waals surface area contributed by atoms with Gasteiger partial charge in [0.2, 0.25) is 0 Å². The number of hydrogen-bond acceptors (Lipinski definition) is 4.